The van der Waals surface area contributed by atoms with Crippen LogP contribution in [0.5, 0.6) is 0 Å². The van der Waals surface area contributed by atoms with Gasteiger partial charge in [0.05, 0.1) is 6.10 Å². The largest absolute Gasteiger partial charge is 0.388 e. The van der Waals surface area contributed by atoms with Gasteiger partial charge in [0.15, 0.2) is 0 Å². The highest BCUT2D eigenvalue weighted by Gasteiger charge is 2.18. The van der Waals surface area contributed by atoms with Crippen LogP contribution in [0.3, 0.4) is 0 Å². The third-order valence-electron chi connectivity index (χ3n) is 4.21. The van der Waals surface area contributed by atoms with Gasteiger partial charge in [0, 0.05) is 19.1 Å². The quantitative estimate of drug-likeness (QED) is 0.720. The molecule has 21 heavy (non-hydrogen) atoms. The van der Waals surface area contributed by atoms with Crippen molar-refractivity contribution in [2.75, 3.05) is 13.1 Å². The van der Waals surface area contributed by atoms with Crippen molar-refractivity contribution in [1.82, 2.24) is 4.90 Å². The third-order valence-corrected chi connectivity index (χ3v) is 4.21. The molecular formula is C19H33NO. The summed E-state index contributed by atoms with van der Waals surface area (Å²) in [6.07, 6.45) is 2.83. The van der Waals surface area contributed by atoms with E-state index in [1.165, 1.54) is 18.4 Å². The Morgan fingerprint density at radius 2 is 1.62 bits per heavy atom. The number of hydrogen-bond acceptors (Lipinski definition) is 2. The lowest BCUT2D eigenvalue weighted by Gasteiger charge is -2.32. The maximum atomic E-state index is 10.4. The Morgan fingerprint density at radius 1 is 1.05 bits per heavy atom. The second-order valence-corrected chi connectivity index (χ2v) is 6.57. The fraction of sp³-hybridized carbons (Fsp3) is 0.684. The zero-order valence-corrected chi connectivity index (χ0v) is 14.5. The second-order valence-electron chi connectivity index (χ2n) is 6.57. The van der Waals surface area contributed by atoms with Gasteiger partial charge in [-0.15, -0.1) is 0 Å². The highest BCUT2D eigenvalue weighted by atomic mass is 16.3. The van der Waals surface area contributed by atoms with E-state index in [0.29, 0.717) is 12.0 Å². The van der Waals surface area contributed by atoms with Crippen LogP contribution in [0.15, 0.2) is 24.3 Å². The molecule has 0 spiro atoms. The molecule has 2 nitrogen and oxygen atoms in total. The van der Waals surface area contributed by atoms with E-state index in [4.69, 9.17) is 0 Å². The molecule has 1 unspecified atom stereocenters. The molecule has 1 atom stereocenters. The summed E-state index contributed by atoms with van der Waals surface area (Å²) >= 11 is 0. The topological polar surface area (TPSA) is 23.5 Å². The predicted octanol–water partition coefficient (Wildman–Crippen LogP) is 4.57. The van der Waals surface area contributed by atoms with E-state index in [1.54, 1.807) is 0 Å². The zero-order chi connectivity index (χ0) is 15.8. The number of aryl methyl sites for hydroxylation is 1. The SMILES string of the molecule is CCC(CC)N(CCC(O)c1ccc(C)cc1)CC(C)C. The van der Waals surface area contributed by atoms with Crippen LogP contribution in [0.1, 0.15) is 64.2 Å². The molecule has 0 fully saturated rings. The van der Waals surface area contributed by atoms with Crippen molar-refractivity contribution < 1.29 is 5.11 Å². The summed E-state index contributed by atoms with van der Waals surface area (Å²) < 4.78 is 0. The van der Waals surface area contributed by atoms with Gasteiger partial charge < -0.3 is 10.0 Å². The van der Waals surface area contributed by atoms with E-state index in [0.717, 1.165) is 25.1 Å². The van der Waals surface area contributed by atoms with Gasteiger partial charge in [-0.3, -0.25) is 0 Å². The van der Waals surface area contributed by atoms with Crippen molar-refractivity contribution in [2.45, 2.75) is 66.0 Å². The Balaban J connectivity index is 2.60. The second kappa shape index (κ2) is 9.22. The summed E-state index contributed by atoms with van der Waals surface area (Å²) in [6.45, 7) is 13.2. The molecule has 1 aromatic rings. The Bertz CT molecular complexity index is 381. The lowest BCUT2D eigenvalue weighted by molar-refractivity contribution is 0.111. The molecule has 0 radical (unpaired) electrons. The van der Waals surface area contributed by atoms with Gasteiger partial charge >= 0.3 is 0 Å². The number of benzene rings is 1. The highest BCUT2D eigenvalue weighted by Crippen LogP contribution is 2.20. The van der Waals surface area contributed by atoms with Crippen LogP contribution in [0, 0.1) is 12.8 Å². The van der Waals surface area contributed by atoms with E-state index in [2.05, 4.69) is 51.7 Å². The number of rotatable bonds is 9. The van der Waals surface area contributed by atoms with E-state index in [1.807, 2.05) is 12.1 Å². The fourth-order valence-electron chi connectivity index (χ4n) is 2.94. The van der Waals surface area contributed by atoms with Crippen LogP contribution in [-0.2, 0) is 0 Å². The number of nitrogens with zero attached hydrogens (tertiary/aromatic N) is 1. The summed E-state index contributed by atoms with van der Waals surface area (Å²) in [6, 6.07) is 8.88. The molecular weight excluding hydrogens is 258 g/mol. The molecule has 1 aromatic carbocycles. The molecule has 0 aromatic heterocycles. The van der Waals surface area contributed by atoms with Crippen LogP contribution < -0.4 is 0 Å². The van der Waals surface area contributed by atoms with Crippen molar-refractivity contribution in [2.24, 2.45) is 5.92 Å². The lowest BCUT2D eigenvalue weighted by Crippen LogP contribution is -2.38. The molecule has 1 N–H and O–H groups in total. The monoisotopic (exact) mass is 291 g/mol. The Hall–Kier alpha value is -0.860. The van der Waals surface area contributed by atoms with Gasteiger partial charge in [-0.1, -0.05) is 57.5 Å². The van der Waals surface area contributed by atoms with E-state index in [9.17, 15) is 5.11 Å². The normalized spacial score (nSPS) is 13.4. The summed E-state index contributed by atoms with van der Waals surface area (Å²) in [5.74, 6) is 0.669. The summed E-state index contributed by atoms with van der Waals surface area (Å²) in [7, 11) is 0. The van der Waals surface area contributed by atoms with Crippen molar-refractivity contribution in [1.29, 1.82) is 0 Å². The minimum absolute atomic E-state index is 0.352. The molecule has 0 aliphatic heterocycles. The maximum Gasteiger partial charge on any atom is 0.0802 e. The molecule has 0 aliphatic rings. The van der Waals surface area contributed by atoms with Crippen LogP contribution in [0.4, 0.5) is 0 Å². The van der Waals surface area contributed by atoms with Crippen LogP contribution in [0.25, 0.3) is 0 Å². The van der Waals surface area contributed by atoms with E-state index in [-0.39, 0.29) is 6.10 Å². The van der Waals surface area contributed by atoms with Crippen molar-refractivity contribution in [3.05, 3.63) is 35.4 Å². The minimum atomic E-state index is -0.352. The molecule has 2 heteroatoms. The predicted molar refractivity (Wildman–Crippen MR) is 91.5 cm³/mol. The van der Waals surface area contributed by atoms with Gasteiger partial charge in [-0.25, -0.2) is 0 Å². The Kier molecular flexibility index (Phi) is 7.98. The first-order valence-corrected chi connectivity index (χ1v) is 8.46. The minimum Gasteiger partial charge on any atom is -0.388 e. The van der Waals surface area contributed by atoms with E-state index < -0.39 is 0 Å². The third kappa shape index (κ3) is 6.19. The average molecular weight is 291 g/mol. The number of aliphatic hydroxyl groups is 1. The fourth-order valence-corrected chi connectivity index (χ4v) is 2.94. The Labute approximate surface area is 131 Å². The van der Waals surface area contributed by atoms with Gasteiger partial charge in [0.25, 0.3) is 0 Å². The van der Waals surface area contributed by atoms with Crippen molar-refractivity contribution in [3.63, 3.8) is 0 Å². The first-order valence-electron chi connectivity index (χ1n) is 8.46. The molecule has 0 amide bonds. The first kappa shape index (κ1) is 18.2. The standard InChI is InChI=1S/C19H33NO/c1-6-18(7-2)20(14-15(3)4)13-12-19(21)17-10-8-16(5)9-11-17/h8-11,15,18-19,21H,6-7,12-14H2,1-5H3. The average Bonchev–Trinajstić information content (AvgIpc) is 2.45. The van der Waals surface area contributed by atoms with Gasteiger partial charge in [0.2, 0.25) is 0 Å². The molecule has 0 saturated carbocycles. The summed E-state index contributed by atoms with van der Waals surface area (Å²) in [5.41, 5.74) is 2.28. The van der Waals surface area contributed by atoms with Gasteiger partial charge in [0.1, 0.15) is 0 Å². The molecule has 1 rings (SSSR count). The van der Waals surface area contributed by atoms with E-state index >= 15 is 0 Å². The van der Waals surface area contributed by atoms with Crippen molar-refractivity contribution >= 4 is 0 Å². The first-order chi connectivity index (χ1) is 9.97. The van der Waals surface area contributed by atoms with Gasteiger partial charge in [-0.2, -0.15) is 0 Å². The molecule has 0 aliphatic carbocycles. The molecule has 120 valence electrons. The molecule has 0 bridgehead atoms. The smallest absolute Gasteiger partial charge is 0.0802 e. The highest BCUT2D eigenvalue weighted by molar-refractivity contribution is 5.23. The zero-order valence-electron chi connectivity index (χ0n) is 14.5. The van der Waals surface area contributed by atoms with Crippen LogP contribution >= 0.6 is 0 Å². The van der Waals surface area contributed by atoms with Crippen molar-refractivity contribution in [3.8, 4) is 0 Å². The molecule has 0 heterocycles. The lowest BCUT2D eigenvalue weighted by atomic mass is 10.0. The Morgan fingerprint density at radius 3 is 2.10 bits per heavy atom. The number of hydrogen-bond donors (Lipinski definition) is 1. The maximum absolute atomic E-state index is 10.4. The number of aliphatic hydroxyl groups excluding tert-OH is 1. The van der Waals surface area contributed by atoms with Crippen LogP contribution in [0.2, 0.25) is 0 Å². The van der Waals surface area contributed by atoms with Gasteiger partial charge in [-0.05, 0) is 37.7 Å². The van der Waals surface area contributed by atoms with Crippen LogP contribution in [-0.4, -0.2) is 29.1 Å². The molecule has 0 saturated heterocycles. The summed E-state index contributed by atoms with van der Waals surface area (Å²) in [4.78, 5) is 2.56. The summed E-state index contributed by atoms with van der Waals surface area (Å²) in [5, 5.41) is 10.4.